The topological polar surface area (TPSA) is 44.1 Å². The van der Waals surface area contributed by atoms with Crippen molar-refractivity contribution in [1.82, 2.24) is 4.90 Å². The number of carbonyl (C=O) groups is 1. The highest BCUT2D eigenvalue weighted by Gasteiger charge is 2.18. The Balaban J connectivity index is 2.02. The molecule has 1 amide bonds. The Morgan fingerprint density at radius 3 is 2.74 bits per heavy atom. The smallest absolute Gasteiger partial charge is 0.246 e. The van der Waals surface area contributed by atoms with Gasteiger partial charge in [0.25, 0.3) is 0 Å². The van der Waals surface area contributed by atoms with Crippen molar-refractivity contribution in [1.29, 1.82) is 5.26 Å². The molecule has 0 spiro atoms. The van der Waals surface area contributed by atoms with Crippen LogP contribution in [0.2, 0.25) is 0 Å². The summed E-state index contributed by atoms with van der Waals surface area (Å²) in [5.41, 5.74) is 1.39. The van der Waals surface area contributed by atoms with Gasteiger partial charge in [-0.3, -0.25) is 4.79 Å². The van der Waals surface area contributed by atoms with Crippen LogP contribution in [0.3, 0.4) is 0 Å². The van der Waals surface area contributed by atoms with Gasteiger partial charge in [-0.05, 0) is 36.5 Å². The van der Waals surface area contributed by atoms with Gasteiger partial charge < -0.3 is 4.90 Å². The van der Waals surface area contributed by atoms with E-state index < -0.39 is 0 Å². The standard InChI is InChI=1S/C16H18N2O/c1-13-8-10-18(11-9-13)16(19)7-6-14-4-2-3-5-15(14)12-17/h2-7,13H,8-11H2,1H3/b7-6+. The molecule has 1 saturated heterocycles. The summed E-state index contributed by atoms with van der Waals surface area (Å²) in [5, 5.41) is 8.98. The van der Waals surface area contributed by atoms with Crippen LogP contribution in [0.1, 0.15) is 30.9 Å². The molecule has 0 radical (unpaired) electrons. The Morgan fingerprint density at radius 1 is 1.37 bits per heavy atom. The van der Waals surface area contributed by atoms with Crippen molar-refractivity contribution in [2.45, 2.75) is 19.8 Å². The van der Waals surface area contributed by atoms with Crippen LogP contribution in [0.15, 0.2) is 30.3 Å². The van der Waals surface area contributed by atoms with Crippen LogP contribution in [-0.4, -0.2) is 23.9 Å². The zero-order valence-corrected chi connectivity index (χ0v) is 11.2. The largest absolute Gasteiger partial charge is 0.339 e. The first-order chi connectivity index (χ1) is 9.20. The minimum Gasteiger partial charge on any atom is -0.339 e. The Bertz CT molecular complexity index is 520. The molecule has 1 aromatic carbocycles. The van der Waals surface area contributed by atoms with Crippen molar-refractivity contribution >= 4 is 12.0 Å². The molecule has 0 saturated carbocycles. The van der Waals surface area contributed by atoms with E-state index in [9.17, 15) is 4.79 Å². The highest BCUT2D eigenvalue weighted by Crippen LogP contribution is 2.16. The van der Waals surface area contributed by atoms with E-state index in [2.05, 4.69) is 13.0 Å². The number of piperidine rings is 1. The van der Waals surface area contributed by atoms with Gasteiger partial charge in [-0.2, -0.15) is 5.26 Å². The molecule has 98 valence electrons. The summed E-state index contributed by atoms with van der Waals surface area (Å²) in [6, 6.07) is 9.42. The molecule has 0 atom stereocenters. The number of nitrogens with zero attached hydrogens (tertiary/aromatic N) is 2. The minimum atomic E-state index is 0.0413. The van der Waals surface area contributed by atoms with E-state index in [0.717, 1.165) is 31.5 Å². The monoisotopic (exact) mass is 254 g/mol. The molecule has 2 rings (SSSR count). The van der Waals surface area contributed by atoms with E-state index in [4.69, 9.17) is 5.26 Å². The minimum absolute atomic E-state index is 0.0413. The van der Waals surface area contributed by atoms with Crippen molar-refractivity contribution in [3.05, 3.63) is 41.5 Å². The van der Waals surface area contributed by atoms with E-state index in [1.807, 2.05) is 23.1 Å². The summed E-state index contributed by atoms with van der Waals surface area (Å²) < 4.78 is 0. The molecule has 1 aromatic rings. The van der Waals surface area contributed by atoms with Gasteiger partial charge in [0.2, 0.25) is 5.91 Å². The molecule has 0 N–H and O–H groups in total. The van der Waals surface area contributed by atoms with Crippen LogP contribution in [-0.2, 0) is 4.79 Å². The number of hydrogen-bond donors (Lipinski definition) is 0. The number of amides is 1. The van der Waals surface area contributed by atoms with Crippen LogP contribution in [0.25, 0.3) is 6.08 Å². The van der Waals surface area contributed by atoms with Crippen LogP contribution in [0, 0.1) is 17.2 Å². The molecule has 0 aromatic heterocycles. The fourth-order valence-corrected chi connectivity index (χ4v) is 2.24. The molecule has 0 unspecified atom stereocenters. The molecule has 1 heterocycles. The van der Waals surface area contributed by atoms with Crippen molar-refractivity contribution in [3.8, 4) is 6.07 Å². The molecule has 0 bridgehead atoms. The van der Waals surface area contributed by atoms with Gasteiger partial charge in [0.1, 0.15) is 0 Å². The maximum atomic E-state index is 12.0. The number of hydrogen-bond acceptors (Lipinski definition) is 2. The molecule has 0 aliphatic carbocycles. The normalized spacial score (nSPS) is 16.5. The zero-order chi connectivity index (χ0) is 13.7. The Morgan fingerprint density at radius 2 is 2.05 bits per heavy atom. The summed E-state index contributed by atoms with van der Waals surface area (Å²) in [4.78, 5) is 13.9. The van der Waals surface area contributed by atoms with E-state index in [0.29, 0.717) is 11.5 Å². The van der Waals surface area contributed by atoms with Gasteiger partial charge in [0, 0.05) is 19.2 Å². The second-order valence-corrected chi connectivity index (χ2v) is 5.04. The zero-order valence-electron chi connectivity index (χ0n) is 11.2. The molecular weight excluding hydrogens is 236 g/mol. The molecule has 3 nitrogen and oxygen atoms in total. The molecule has 1 aliphatic rings. The predicted molar refractivity (Wildman–Crippen MR) is 75.2 cm³/mol. The number of likely N-dealkylation sites (tertiary alicyclic amines) is 1. The SMILES string of the molecule is CC1CCN(C(=O)/C=C/c2ccccc2C#N)CC1. The lowest BCUT2D eigenvalue weighted by molar-refractivity contribution is -0.127. The number of carbonyl (C=O) groups excluding carboxylic acids is 1. The number of nitriles is 1. The van der Waals surface area contributed by atoms with Crippen LogP contribution in [0.5, 0.6) is 0 Å². The van der Waals surface area contributed by atoms with Gasteiger partial charge in [-0.15, -0.1) is 0 Å². The van der Waals surface area contributed by atoms with Crippen molar-refractivity contribution < 1.29 is 4.79 Å². The van der Waals surface area contributed by atoms with Gasteiger partial charge in [0.05, 0.1) is 11.6 Å². The van der Waals surface area contributed by atoms with Crippen LogP contribution < -0.4 is 0 Å². The van der Waals surface area contributed by atoms with Crippen molar-refractivity contribution in [3.63, 3.8) is 0 Å². The first-order valence-electron chi connectivity index (χ1n) is 6.67. The third kappa shape index (κ3) is 3.45. The molecule has 3 heteroatoms. The highest BCUT2D eigenvalue weighted by molar-refractivity contribution is 5.92. The Hall–Kier alpha value is -2.08. The van der Waals surface area contributed by atoms with Crippen molar-refractivity contribution in [2.24, 2.45) is 5.92 Å². The van der Waals surface area contributed by atoms with E-state index >= 15 is 0 Å². The molecular formula is C16H18N2O. The Kier molecular flexibility index (Phi) is 4.35. The second kappa shape index (κ2) is 6.19. The summed E-state index contributed by atoms with van der Waals surface area (Å²) >= 11 is 0. The second-order valence-electron chi connectivity index (χ2n) is 5.04. The quantitative estimate of drug-likeness (QED) is 0.762. The summed E-state index contributed by atoms with van der Waals surface area (Å²) in [7, 11) is 0. The summed E-state index contributed by atoms with van der Waals surface area (Å²) in [6.45, 7) is 3.90. The lowest BCUT2D eigenvalue weighted by Crippen LogP contribution is -2.36. The summed E-state index contributed by atoms with van der Waals surface area (Å²) in [6.07, 6.45) is 5.47. The Labute approximate surface area is 114 Å². The molecule has 1 fully saturated rings. The molecule has 1 aliphatic heterocycles. The predicted octanol–water partition coefficient (Wildman–Crippen LogP) is 2.83. The van der Waals surface area contributed by atoms with Gasteiger partial charge in [-0.1, -0.05) is 25.1 Å². The number of benzene rings is 1. The molecule has 19 heavy (non-hydrogen) atoms. The average molecular weight is 254 g/mol. The van der Waals surface area contributed by atoms with E-state index in [1.165, 1.54) is 0 Å². The van der Waals surface area contributed by atoms with Crippen LogP contribution >= 0.6 is 0 Å². The van der Waals surface area contributed by atoms with E-state index in [-0.39, 0.29) is 5.91 Å². The number of rotatable bonds is 2. The highest BCUT2D eigenvalue weighted by atomic mass is 16.2. The van der Waals surface area contributed by atoms with Gasteiger partial charge in [0.15, 0.2) is 0 Å². The fraction of sp³-hybridized carbons (Fsp3) is 0.375. The van der Waals surface area contributed by atoms with Crippen molar-refractivity contribution in [2.75, 3.05) is 13.1 Å². The van der Waals surface area contributed by atoms with Gasteiger partial charge >= 0.3 is 0 Å². The van der Waals surface area contributed by atoms with Crippen LogP contribution in [0.4, 0.5) is 0 Å². The van der Waals surface area contributed by atoms with Gasteiger partial charge in [-0.25, -0.2) is 0 Å². The lowest BCUT2D eigenvalue weighted by atomic mass is 9.99. The first kappa shape index (κ1) is 13.4. The van der Waals surface area contributed by atoms with E-state index in [1.54, 1.807) is 18.2 Å². The third-order valence-corrected chi connectivity index (χ3v) is 3.58. The average Bonchev–Trinajstić information content (AvgIpc) is 2.45. The maximum Gasteiger partial charge on any atom is 0.246 e. The lowest BCUT2D eigenvalue weighted by Gasteiger charge is -2.29. The fourth-order valence-electron chi connectivity index (χ4n) is 2.24. The maximum absolute atomic E-state index is 12.0. The summed E-state index contributed by atoms with van der Waals surface area (Å²) in [5.74, 6) is 0.756. The third-order valence-electron chi connectivity index (χ3n) is 3.58. The first-order valence-corrected chi connectivity index (χ1v) is 6.67.